The van der Waals surface area contributed by atoms with Crippen molar-refractivity contribution in [3.63, 3.8) is 0 Å². The molecule has 0 radical (unpaired) electrons. The van der Waals surface area contributed by atoms with Crippen LogP contribution in [0.3, 0.4) is 0 Å². The Morgan fingerprint density at radius 2 is 1.83 bits per heavy atom. The monoisotopic (exact) mass is 872 g/mol. The zero-order chi connectivity index (χ0) is 43.9. The first kappa shape index (κ1) is 41.8. The molecule has 4 N–H and O–H groups in total. The number of anilines is 2. The SMILES string of the molecule is CCS(=O)(=O)N1CC(CC#N)(n2cc(-c3nc(Nc4ccc(C(=O)NCCCN5CCC(c6ccc7c(c6)CN(C6CCC(=O)NC6=O)C7=O)CC5)cc4)nc4[nH]ccc34)cn2)C1. The molecule has 0 spiro atoms. The van der Waals surface area contributed by atoms with Gasteiger partial charge < -0.3 is 25.4 Å². The summed E-state index contributed by atoms with van der Waals surface area (Å²) in [5, 5.41) is 23.6. The number of aromatic amines is 1. The van der Waals surface area contributed by atoms with Gasteiger partial charge in [-0.25, -0.2) is 13.4 Å². The van der Waals surface area contributed by atoms with Crippen molar-refractivity contribution in [1.29, 1.82) is 5.26 Å². The Bertz CT molecular complexity index is 2750. The zero-order valence-corrected chi connectivity index (χ0v) is 35.7. The number of nitrogens with zero attached hydrogens (tertiary/aromatic N) is 8. The average Bonchev–Trinajstić information content (AvgIpc) is 4.03. The van der Waals surface area contributed by atoms with Crippen molar-refractivity contribution >= 4 is 56.3 Å². The largest absolute Gasteiger partial charge is 0.352 e. The molecule has 5 aromatic rings. The third-order valence-electron chi connectivity index (χ3n) is 12.8. The predicted molar refractivity (Wildman–Crippen MR) is 232 cm³/mol. The minimum Gasteiger partial charge on any atom is -0.352 e. The first-order valence-electron chi connectivity index (χ1n) is 21.3. The van der Waals surface area contributed by atoms with Gasteiger partial charge in [0.2, 0.25) is 27.8 Å². The molecule has 3 saturated heterocycles. The molecule has 4 aliphatic rings. The number of imide groups is 1. The fourth-order valence-electron chi connectivity index (χ4n) is 9.17. The van der Waals surface area contributed by atoms with Gasteiger partial charge in [0.05, 0.1) is 30.1 Å². The van der Waals surface area contributed by atoms with Crippen molar-refractivity contribution in [3.05, 3.63) is 89.4 Å². The molecular formula is C44H48N12O6S. The molecule has 7 heterocycles. The number of benzene rings is 2. The number of likely N-dealkylation sites (tertiary alicyclic amines) is 1. The van der Waals surface area contributed by atoms with E-state index in [1.807, 2.05) is 18.2 Å². The Morgan fingerprint density at radius 3 is 2.57 bits per heavy atom. The molecule has 63 heavy (non-hydrogen) atoms. The van der Waals surface area contributed by atoms with E-state index in [2.05, 4.69) is 48.1 Å². The van der Waals surface area contributed by atoms with E-state index in [0.29, 0.717) is 65.1 Å². The molecule has 1 atom stereocenters. The zero-order valence-electron chi connectivity index (χ0n) is 34.8. The maximum Gasteiger partial charge on any atom is 0.255 e. The highest BCUT2D eigenvalue weighted by Crippen LogP contribution is 2.37. The van der Waals surface area contributed by atoms with Crippen LogP contribution in [0.25, 0.3) is 22.3 Å². The number of rotatable bonds is 14. The lowest BCUT2D eigenvalue weighted by molar-refractivity contribution is -0.136. The smallest absolute Gasteiger partial charge is 0.255 e. The lowest BCUT2D eigenvalue weighted by Gasteiger charge is -2.47. The number of H-pyrrole nitrogens is 1. The van der Waals surface area contributed by atoms with Crippen LogP contribution in [0.1, 0.15) is 83.2 Å². The molecule has 18 nitrogen and oxygen atoms in total. The molecule has 0 saturated carbocycles. The topological polar surface area (TPSA) is 231 Å². The number of aromatic nitrogens is 5. The number of fused-ring (bicyclic) bond motifs is 2. The lowest BCUT2D eigenvalue weighted by atomic mass is 9.88. The van der Waals surface area contributed by atoms with Gasteiger partial charge in [-0.15, -0.1) is 0 Å². The highest BCUT2D eigenvalue weighted by Gasteiger charge is 2.50. The van der Waals surface area contributed by atoms with Gasteiger partial charge in [-0.3, -0.25) is 29.2 Å². The van der Waals surface area contributed by atoms with Crippen molar-refractivity contribution in [3.8, 4) is 17.3 Å². The first-order chi connectivity index (χ1) is 30.4. The number of carbonyl (C=O) groups excluding carboxylic acids is 4. The summed E-state index contributed by atoms with van der Waals surface area (Å²) in [4.78, 5) is 66.8. The van der Waals surface area contributed by atoms with Crippen LogP contribution in [0, 0.1) is 11.3 Å². The first-order valence-corrected chi connectivity index (χ1v) is 22.9. The number of sulfonamides is 1. The number of nitrogens with one attached hydrogen (secondary N) is 4. The summed E-state index contributed by atoms with van der Waals surface area (Å²) in [6.45, 7) is 5.60. The maximum atomic E-state index is 13.1. The lowest BCUT2D eigenvalue weighted by Crippen LogP contribution is -2.64. The van der Waals surface area contributed by atoms with Crippen LogP contribution in [-0.4, -0.2) is 122 Å². The average molecular weight is 873 g/mol. The van der Waals surface area contributed by atoms with Crippen LogP contribution >= 0.6 is 0 Å². The van der Waals surface area contributed by atoms with Crippen LogP contribution in [-0.2, 0) is 31.7 Å². The number of carbonyl (C=O) groups is 4. The van der Waals surface area contributed by atoms with E-state index in [-0.39, 0.29) is 49.4 Å². The molecule has 19 heteroatoms. The summed E-state index contributed by atoms with van der Waals surface area (Å²) < 4.78 is 28.0. The number of piperidine rings is 2. The highest BCUT2D eigenvalue weighted by molar-refractivity contribution is 7.89. The summed E-state index contributed by atoms with van der Waals surface area (Å²) in [7, 11) is -3.39. The van der Waals surface area contributed by atoms with Crippen molar-refractivity contribution < 1.29 is 27.6 Å². The quantitative estimate of drug-likeness (QED) is 0.0927. The molecule has 2 aromatic carbocycles. The van der Waals surface area contributed by atoms with Gasteiger partial charge in [-0.2, -0.15) is 19.6 Å². The highest BCUT2D eigenvalue weighted by atomic mass is 32.2. The Kier molecular flexibility index (Phi) is 11.3. The third kappa shape index (κ3) is 8.28. The second kappa shape index (κ2) is 17.0. The second-order valence-electron chi connectivity index (χ2n) is 16.8. The number of hydrogen-bond acceptors (Lipinski definition) is 12. The van der Waals surface area contributed by atoms with Gasteiger partial charge in [-0.1, -0.05) is 12.1 Å². The molecule has 4 amide bonds. The van der Waals surface area contributed by atoms with Gasteiger partial charge in [-0.05, 0) is 106 Å². The minimum atomic E-state index is -3.39. The van der Waals surface area contributed by atoms with Gasteiger partial charge in [0.1, 0.15) is 17.2 Å². The summed E-state index contributed by atoms with van der Waals surface area (Å²) in [6, 6.07) is 16.6. The fraction of sp³-hybridized carbons (Fsp3) is 0.409. The van der Waals surface area contributed by atoms with Crippen LogP contribution in [0.5, 0.6) is 0 Å². The molecule has 9 rings (SSSR count). The van der Waals surface area contributed by atoms with Crippen molar-refractivity contribution in [2.75, 3.05) is 50.3 Å². The van der Waals surface area contributed by atoms with E-state index < -0.39 is 27.5 Å². The summed E-state index contributed by atoms with van der Waals surface area (Å²) >= 11 is 0. The molecule has 3 fully saturated rings. The summed E-state index contributed by atoms with van der Waals surface area (Å²) in [6.07, 6.45) is 8.71. The fourth-order valence-corrected chi connectivity index (χ4v) is 10.4. The molecule has 1 unspecified atom stereocenters. The van der Waals surface area contributed by atoms with E-state index in [9.17, 15) is 32.9 Å². The van der Waals surface area contributed by atoms with E-state index in [1.165, 1.54) is 9.87 Å². The third-order valence-corrected chi connectivity index (χ3v) is 14.6. The van der Waals surface area contributed by atoms with E-state index >= 15 is 0 Å². The maximum absolute atomic E-state index is 13.1. The van der Waals surface area contributed by atoms with Crippen LogP contribution in [0.2, 0.25) is 0 Å². The van der Waals surface area contributed by atoms with E-state index in [4.69, 9.17) is 4.98 Å². The Hall–Kier alpha value is -6.49. The molecule has 0 aliphatic carbocycles. The minimum absolute atomic E-state index is 0.00849. The Morgan fingerprint density at radius 1 is 1.03 bits per heavy atom. The Labute approximate surface area is 364 Å². The normalized spacial score (nSPS) is 19.4. The summed E-state index contributed by atoms with van der Waals surface area (Å²) in [5.74, 6) is -0.318. The molecular weight excluding hydrogens is 825 g/mol. The van der Waals surface area contributed by atoms with Gasteiger partial charge in [0.15, 0.2) is 0 Å². The molecule has 3 aromatic heterocycles. The number of hydrogen-bond donors (Lipinski definition) is 4. The van der Waals surface area contributed by atoms with E-state index in [1.54, 1.807) is 59.4 Å². The Balaban J connectivity index is 0.746. The number of nitriles is 1. The molecule has 4 aliphatic heterocycles. The summed E-state index contributed by atoms with van der Waals surface area (Å²) in [5.41, 5.74) is 5.12. The van der Waals surface area contributed by atoms with E-state index in [0.717, 1.165) is 49.8 Å². The van der Waals surface area contributed by atoms with Crippen molar-refractivity contribution in [1.82, 2.24) is 49.5 Å². The van der Waals surface area contributed by atoms with Gasteiger partial charge in [0.25, 0.3) is 11.8 Å². The van der Waals surface area contributed by atoms with Crippen molar-refractivity contribution in [2.45, 2.75) is 69.5 Å². The van der Waals surface area contributed by atoms with Crippen LogP contribution < -0.4 is 16.0 Å². The molecule has 0 bridgehead atoms. The standard InChI is InChI=1S/C44H48N12O6S/c1-2-63(61,62)54-26-44(27-54,15-16-45)56-25-32(23-48-56)38-35-12-18-46-39(35)52-43(51-38)49-33-7-4-29(5-8-33)40(58)47-17-3-19-53-20-13-28(14-21-53)30-6-9-34-31(22-30)24-55(42(34)60)36-10-11-37(57)50-41(36)59/h4-9,12,18,22-23,25,28,36H,2-3,10-11,13-15,17,19-21,24,26-27H2,1H3,(H,47,58)(H,50,57,59)(H2,46,49,51,52). The predicted octanol–water partition coefficient (Wildman–Crippen LogP) is 3.60. The molecule has 326 valence electrons. The van der Waals surface area contributed by atoms with Gasteiger partial charge in [0, 0.05) is 72.8 Å². The van der Waals surface area contributed by atoms with Crippen LogP contribution in [0.4, 0.5) is 11.6 Å². The van der Waals surface area contributed by atoms with Gasteiger partial charge >= 0.3 is 0 Å². The second-order valence-corrected chi connectivity index (χ2v) is 19.0. The van der Waals surface area contributed by atoms with Crippen molar-refractivity contribution in [2.24, 2.45) is 0 Å². The van der Waals surface area contributed by atoms with Crippen LogP contribution in [0.15, 0.2) is 67.1 Å². The number of amides is 4.